The average Bonchev–Trinajstić information content (AvgIpc) is 2.23. The summed E-state index contributed by atoms with van der Waals surface area (Å²) in [4.78, 5) is 22.8. The monoisotopic (exact) mass is 311 g/mol. The number of hydrogen-bond donors (Lipinski definition) is 3. The first-order valence-electron chi connectivity index (χ1n) is 5.93. The highest BCUT2D eigenvalue weighted by Gasteiger charge is 2.26. The van der Waals surface area contributed by atoms with Gasteiger partial charge in [-0.1, -0.05) is 0 Å². The number of nitrogens with one attached hydrogen (secondary N) is 1. The standard InChI is InChI=1S/C11H21NO7S/c1-7(18-9(14)11(2,3)4)19-10(15)12-5-8(13)6-20(16)17/h7-8,13H,5-6H2,1-4H3,(H,12,15)(H,16,17)/t7?,8-/m0/s1. The highest BCUT2D eigenvalue weighted by Crippen LogP contribution is 2.16. The number of aliphatic hydroxyl groups is 1. The fourth-order valence-electron chi connectivity index (χ4n) is 0.969. The van der Waals surface area contributed by atoms with Crippen molar-refractivity contribution in [2.45, 2.75) is 40.1 Å². The summed E-state index contributed by atoms with van der Waals surface area (Å²) in [6, 6.07) is 0. The van der Waals surface area contributed by atoms with Gasteiger partial charge in [-0.05, 0) is 20.8 Å². The van der Waals surface area contributed by atoms with Gasteiger partial charge in [0.1, 0.15) is 0 Å². The van der Waals surface area contributed by atoms with Gasteiger partial charge in [0.25, 0.3) is 0 Å². The van der Waals surface area contributed by atoms with Gasteiger partial charge >= 0.3 is 12.1 Å². The average molecular weight is 311 g/mol. The number of esters is 1. The lowest BCUT2D eigenvalue weighted by Gasteiger charge is -2.21. The van der Waals surface area contributed by atoms with Crippen molar-refractivity contribution in [1.29, 1.82) is 0 Å². The first-order chi connectivity index (χ1) is 9.02. The molecule has 0 spiro atoms. The lowest BCUT2D eigenvalue weighted by Crippen LogP contribution is -2.38. The Bertz CT molecular complexity index is 366. The van der Waals surface area contributed by atoms with Crippen molar-refractivity contribution in [3.05, 3.63) is 0 Å². The third-order valence-corrected chi connectivity index (χ3v) is 2.65. The normalized spacial score (nSPS) is 15.9. The van der Waals surface area contributed by atoms with Crippen molar-refractivity contribution in [2.75, 3.05) is 12.3 Å². The number of aliphatic hydroxyl groups excluding tert-OH is 1. The first kappa shape index (κ1) is 18.8. The molecule has 2 unspecified atom stereocenters. The molecule has 0 bridgehead atoms. The molecule has 118 valence electrons. The Hall–Kier alpha value is -1.19. The molecule has 3 N–H and O–H groups in total. The maximum Gasteiger partial charge on any atom is 0.410 e. The van der Waals surface area contributed by atoms with Crippen LogP contribution in [0.2, 0.25) is 0 Å². The topological polar surface area (TPSA) is 122 Å². The lowest BCUT2D eigenvalue weighted by atomic mass is 9.97. The van der Waals surface area contributed by atoms with Crippen LogP contribution >= 0.6 is 0 Å². The molecular weight excluding hydrogens is 290 g/mol. The quantitative estimate of drug-likeness (QED) is 0.364. The van der Waals surface area contributed by atoms with Gasteiger partial charge < -0.3 is 24.4 Å². The van der Waals surface area contributed by atoms with Crippen molar-refractivity contribution >= 4 is 23.1 Å². The summed E-state index contributed by atoms with van der Waals surface area (Å²) in [5.74, 6) is -0.900. The van der Waals surface area contributed by atoms with E-state index < -0.39 is 41.0 Å². The van der Waals surface area contributed by atoms with E-state index in [1.165, 1.54) is 6.92 Å². The molecule has 0 fully saturated rings. The summed E-state index contributed by atoms with van der Waals surface area (Å²) >= 11 is -2.15. The van der Waals surface area contributed by atoms with Crippen LogP contribution in [0.25, 0.3) is 0 Å². The van der Waals surface area contributed by atoms with Gasteiger partial charge in [-0.2, -0.15) is 0 Å². The third-order valence-electron chi connectivity index (χ3n) is 1.98. The van der Waals surface area contributed by atoms with E-state index in [1.54, 1.807) is 20.8 Å². The molecule has 0 saturated heterocycles. The molecular formula is C11H21NO7S. The molecule has 0 aromatic carbocycles. The number of rotatable bonds is 6. The van der Waals surface area contributed by atoms with Crippen LogP contribution in [0.3, 0.4) is 0 Å². The van der Waals surface area contributed by atoms with E-state index in [-0.39, 0.29) is 12.3 Å². The predicted octanol–water partition coefficient (Wildman–Crippen LogP) is 0.230. The summed E-state index contributed by atoms with van der Waals surface area (Å²) in [5.41, 5.74) is -0.713. The fraction of sp³-hybridized carbons (Fsp3) is 0.818. The second-order valence-corrected chi connectivity index (χ2v) is 6.13. The molecule has 9 heteroatoms. The molecule has 0 rings (SSSR count). The van der Waals surface area contributed by atoms with Gasteiger partial charge in [0, 0.05) is 13.5 Å². The molecule has 3 atom stereocenters. The number of amides is 1. The minimum atomic E-state index is -2.15. The first-order valence-corrected chi connectivity index (χ1v) is 7.21. The second-order valence-electron chi connectivity index (χ2n) is 5.15. The van der Waals surface area contributed by atoms with Gasteiger partial charge in [0.2, 0.25) is 6.29 Å². The highest BCUT2D eigenvalue weighted by atomic mass is 32.2. The van der Waals surface area contributed by atoms with Crippen LogP contribution in [0.1, 0.15) is 27.7 Å². The SMILES string of the molecule is CC(OC(=O)NC[C@H](O)CS(=O)O)OC(=O)C(C)(C)C. The van der Waals surface area contributed by atoms with Crippen molar-refractivity contribution in [1.82, 2.24) is 5.32 Å². The number of ether oxygens (including phenoxy) is 2. The lowest BCUT2D eigenvalue weighted by molar-refractivity contribution is -0.174. The molecule has 1 amide bonds. The van der Waals surface area contributed by atoms with Gasteiger partial charge in [0.15, 0.2) is 11.1 Å². The van der Waals surface area contributed by atoms with Gasteiger partial charge in [-0.3, -0.25) is 4.79 Å². The summed E-state index contributed by atoms with van der Waals surface area (Å²) in [7, 11) is 0. The summed E-state index contributed by atoms with van der Waals surface area (Å²) in [6.07, 6.45) is -3.14. The zero-order valence-corrected chi connectivity index (χ0v) is 12.7. The summed E-state index contributed by atoms with van der Waals surface area (Å²) in [5, 5.41) is 11.4. The van der Waals surface area contributed by atoms with Crippen LogP contribution in [0.5, 0.6) is 0 Å². The maximum absolute atomic E-state index is 11.5. The maximum atomic E-state index is 11.5. The Morgan fingerprint density at radius 3 is 2.30 bits per heavy atom. The molecule has 0 radical (unpaired) electrons. The minimum Gasteiger partial charge on any atom is -0.425 e. The molecule has 0 aliphatic heterocycles. The van der Waals surface area contributed by atoms with Crippen LogP contribution in [0.15, 0.2) is 0 Å². The zero-order chi connectivity index (χ0) is 15.9. The predicted molar refractivity (Wildman–Crippen MR) is 71.1 cm³/mol. The number of hydrogen-bond acceptors (Lipinski definition) is 6. The Balaban J connectivity index is 4.03. The smallest absolute Gasteiger partial charge is 0.410 e. The largest absolute Gasteiger partial charge is 0.425 e. The third kappa shape index (κ3) is 8.83. The molecule has 0 aliphatic carbocycles. The van der Waals surface area contributed by atoms with E-state index in [9.17, 15) is 18.9 Å². The van der Waals surface area contributed by atoms with Gasteiger partial charge in [-0.15, -0.1) is 0 Å². The van der Waals surface area contributed by atoms with E-state index >= 15 is 0 Å². The van der Waals surface area contributed by atoms with Crippen molar-refractivity contribution in [2.24, 2.45) is 5.41 Å². The molecule has 8 nitrogen and oxygen atoms in total. The van der Waals surface area contributed by atoms with E-state index in [0.717, 1.165) is 0 Å². The van der Waals surface area contributed by atoms with E-state index in [1.807, 2.05) is 0 Å². The number of carbonyl (C=O) groups excluding carboxylic acids is 2. The molecule has 0 aromatic heterocycles. The number of alkyl carbamates (subject to hydrolysis) is 1. The molecule has 0 saturated carbocycles. The Morgan fingerprint density at radius 2 is 1.85 bits per heavy atom. The van der Waals surface area contributed by atoms with Crippen LogP contribution in [0.4, 0.5) is 4.79 Å². The van der Waals surface area contributed by atoms with Crippen LogP contribution in [-0.2, 0) is 25.3 Å². The second kappa shape index (κ2) is 8.18. The van der Waals surface area contributed by atoms with Crippen LogP contribution < -0.4 is 5.32 Å². The van der Waals surface area contributed by atoms with Crippen LogP contribution in [0, 0.1) is 5.41 Å². The Kier molecular flexibility index (Phi) is 7.69. The van der Waals surface area contributed by atoms with Gasteiger partial charge in [0.05, 0.1) is 17.3 Å². The number of carbonyl (C=O) groups is 2. The Morgan fingerprint density at radius 1 is 1.30 bits per heavy atom. The molecule has 0 heterocycles. The van der Waals surface area contributed by atoms with Crippen molar-refractivity contribution < 1.29 is 32.9 Å². The zero-order valence-electron chi connectivity index (χ0n) is 11.9. The van der Waals surface area contributed by atoms with Gasteiger partial charge in [-0.25, -0.2) is 9.00 Å². The highest BCUT2D eigenvalue weighted by molar-refractivity contribution is 7.79. The summed E-state index contributed by atoms with van der Waals surface area (Å²) < 4.78 is 28.5. The van der Waals surface area contributed by atoms with Crippen LogP contribution in [-0.4, -0.2) is 50.6 Å². The molecule has 0 aliphatic rings. The fourth-order valence-corrected chi connectivity index (χ4v) is 1.42. The molecule has 20 heavy (non-hydrogen) atoms. The Labute approximate surface area is 120 Å². The summed E-state index contributed by atoms with van der Waals surface area (Å²) in [6.45, 7) is 6.11. The minimum absolute atomic E-state index is 0.245. The van der Waals surface area contributed by atoms with E-state index in [0.29, 0.717) is 0 Å². The van der Waals surface area contributed by atoms with Crippen molar-refractivity contribution in [3.8, 4) is 0 Å². The molecule has 0 aromatic rings. The van der Waals surface area contributed by atoms with Crippen molar-refractivity contribution in [3.63, 3.8) is 0 Å². The van der Waals surface area contributed by atoms with E-state index in [2.05, 4.69) is 5.32 Å². The van der Waals surface area contributed by atoms with E-state index in [4.69, 9.17) is 14.0 Å².